The fourth-order valence-corrected chi connectivity index (χ4v) is 3.97. The van der Waals surface area contributed by atoms with Crippen molar-refractivity contribution in [3.8, 4) is 0 Å². The lowest BCUT2D eigenvalue weighted by Crippen LogP contribution is -2.48. The molecule has 0 aromatic carbocycles. The van der Waals surface area contributed by atoms with Crippen molar-refractivity contribution in [3.05, 3.63) is 21.9 Å². The van der Waals surface area contributed by atoms with E-state index in [1.165, 1.54) is 11.3 Å². The summed E-state index contributed by atoms with van der Waals surface area (Å²) < 4.78 is 0. The van der Waals surface area contributed by atoms with Crippen LogP contribution in [0.1, 0.15) is 55.9 Å². The Morgan fingerprint density at radius 2 is 2.11 bits per heavy atom. The lowest BCUT2D eigenvalue weighted by atomic mass is 10.2. The van der Waals surface area contributed by atoms with E-state index < -0.39 is 6.04 Å². The summed E-state index contributed by atoms with van der Waals surface area (Å²) in [5.41, 5.74) is 6.09. The highest BCUT2D eigenvalue weighted by Gasteiger charge is 2.33. The molecule has 9 heteroatoms. The molecule has 3 amide bonds. The second-order valence-electron chi connectivity index (χ2n) is 6.91. The standard InChI is InChI=1S/C19H29N5O3S/c1-2-3-4-7-16(25)22-11-17(26)24-8-5-6-15(24)19(27)23-10-14-9-13(12-28-14)18(20)21/h9,12,15H,2-8,10-11H2,1H3,(H3,20,21)(H,22,25)(H,23,27)/t15-/m0/s1. The number of carbonyl (C=O) groups is 3. The summed E-state index contributed by atoms with van der Waals surface area (Å²) in [5.74, 6) is -0.548. The van der Waals surface area contributed by atoms with E-state index in [9.17, 15) is 14.4 Å². The van der Waals surface area contributed by atoms with Gasteiger partial charge in [0.2, 0.25) is 17.7 Å². The number of likely N-dealkylation sites (tertiary alicyclic amines) is 1. The predicted molar refractivity (Wildman–Crippen MR) is 109 cm³/mol. The molecule has 1 aliphatic rings. The number of thiophene rings is 1. The van der Waals surface area contributed by atoms with Crippen LogP contribution in [-0.4, -0.2) is 47.6 Å². The largest absolute Gasteiger partial charge is 0.384 e. The van der Waals surface area contributed by atoms with Crippen molar-refractivity contribution in [2.45, 2.75) is 58.0 Å². The molecule has 0 spiro atoms. The van der Waals surface area contributed by atoms with E-state index in [1.54, 1.807) is 16.3 Å². The zero-order valence-corrected chi connectivity index (χ0v) is 17.1. The van der Waals surface area contributed by atoms with E-state index in [0.717, 1.165) is 30.6 Å². The molecule has 1 fully saturated rings. The third kappa shape index (κ3) is 6.33. The first-order chi connectivity index (χ1) is 13.4. The summed E-state index contributed by atoms with van der Waals surface area (Å²) in [5, 5.41) is 14.7. The highest BCUT2D eigenvalue weighted by Crippen LogP contribution is 2.18. The van der Waals surface area contributed by atoms with Gasteiger partial charge < -0.3 is 21.3 Å². The maximum absolute atomic E-state index is 12.5. The molecule has 0 unspecified atom stereocenters. The molecule has 0 bridgehead atoms. The van der Waals surface area contributed by atoms with Gasteiger partial charge in [0.25, 0.3) is 0 Å². The van der Waals surface area contributed by atoms with Gasteiger partial charge in [0.1, 0.15) is 11.9 Å². The van der Waals surface area contributed by atoms with Crippen molar-refractivity contribution in [1.29, 1.82) is 5.41 Å². The Morgan fingerprint density at radius 1 is 1.32 bits per heavy atom. The van der Waals surface area contributed by atoms with Crippen molar-refractivity contribution in [1.82, 2.24) is 15.5 Å². The normalized spacial score (nSPS) is 16.0. The third-order valence-corrected chi connectivity index (χ3v) is 5.66. The summed E-state index contributed by atoms with van der Waals surface area (Å²) in [6.45, 7) is 2.86. The Kier molecular flexibility index (Phi) is 8.43. The van der Waals surface area contributed by atoms with E-state index >= 15 is 0 Å². The summed E-state index contributed by atoms with van der Waals surface area (Å²) >= 11 is 1.43. The van der Waals surface area contributed by atoms with Crippen LogP contribution >= 0.6 is 11.3 Å². The highest BCUT2D eigenvalue weighted by molar-refractivity contribution is 7.10. The Morgan fingerprint density at radius 3 is 2.79 bits per heavy atom. The van der Waals surface area contributed by atoms with Crippen molar-refractivity contribution >= 4 is 34.9 Å². The van der Waals surface area contributed by atoms with E-state index in [-0.39, 0.29) is 30.1 Å². The SMILES string of the molecule is CCCCCC(=O)NCC(=O)N1CCC[C@H]1C(=O)NCc1cc(C(=N)N)cs1. The molecular formula is C19H29N5O3S. The molecule has 1 aliphatic heterocycles. The monoisotopic (exact) mass is 407 g/mol. The van der Waals surface area contributed by atoms with E-state index in [4.69, 9.17) is 11.1 Å². The number of nitrogen functional groups attached to an aromatic ring is 1. The molecule has 1 aromatic heterocycles. The first-order valence-electron chi connectivity index (χ1n) is 9.68. The average molecular weight is 408 g/mol. The second kappa shape index (κ2) is 10.8. The van der Waals surface area contributed by atoms with Gasteiger partial charge in [-0.2, -0.15) is 0 Å². The highest BCUT2D eigenvalue weighted by atomic mass is 32.1. The number of hydrogen-bond acceptors (Lipinski definition) is 5. The van der Waals surface area contributed by atoms with Crippen LogP contribution in [0, 0.1) is 5.41 Å². The van der Waals surface area contributed by atoms with Crippen molar-refractivity contribution < 1.29 is 14.4 Å². The first-order valence-corrected chi connectivity index (χ1v) is 10.6. The van der Waals surface area contributed by atoms with Crippen molar-refractivity contribution in [3.63, 3.8) is 0 Å². The lowest BCUT2D eigenvalue weighted by molar-refractivity contribution is -0.138. The number of rotatable bonds is 10. The Hall–Kier alpha value is -2.42. The first kappa shape index (κ1) is 21.9. The molecule has 1 atom stereocenters. The Balaban J connectivity index is 1.80. The Bertz CT molecular complexity index is 718. The van der Waals surface area contributed by atoms with Gasteiger partial charge in [0.05, 0.1) is 13.1 Å². The van der Waals surface area contributed by atoms with Gasteiger partial charge in [-0.05, 0) is 25.3 Å². The molecule has 1 aromatic rings. The number of amidine groups is 1. The van der Waals surface area contributed by atoms with Gasteiger partial charge in [-0.3, -0.25) is 19.8 Å². The minimum Gasteiger partial charge on any atom is -0.384 e. The fraction of sp³-hybridized carbons (Fsp3) is 0.579. The smallest absolute Gasteiger partial charge is 0.243 e. The predicted octanol–water partition coefficient (Wildman–Crippen LogP) is 1.34. The van der Waals surface area contributed by atoms with Gasteiger partial charge >= 0.3 is 0 Å². The van der Waals surface area contributed by atoms with E-state index in [1.807, 2.05) is 0 Å². The van der Waals surface area contributed by atoms with Crippen LogP contribution in [0.2, 0.25) is 0 Å². The van der Waals surface area contributed by atoms with E-state index in [0.29, 0.717) is 31.5 Å². The molecule has 5 N–H and O–H groups in total. The lowest BCUT2D eigenvalue weighted by Gasteiger charge is -2.24. The molecule has 0 aliphatic carbocycles. The second-order valence-corrected chi connectivity index (χ2v) is 7.91. The van der Waals surface area contributed by atoms with Crippen LogP contribution < -0.4 is 16.4 Å². The molecule has 0 radical (unpaired) electrons. The molecule has 8 nitrogen and oxygen atoms in total. The zero-order chi connectivity index (χ0) is 20.5. The topological polar surface area (TPSA) is 128 Å². The molecule has 2 heterocycles. The van der Waals surface area contributed by atoms with Crippen LogP contribution in [0.5, 0.6) is 0 Å². The number of nitrogens with one attached hydrogen (secondary N) is 3. The molecule has 0 saturated carbocycles. The number of nitrogens with zero attached hydrogens (tertiary/aromatic N) is 1. The maximum Gasteiger partial charge on any atom is 0.243 e. The molecule has 1 saturated heterocycles. The molecule has 2 rings (SSSR count). The van der Waals surface area contributed by atoms with Gasteiger partial charge in [0, 0.05) is 28.8 Å². The number of amides is 3. The van der Waals surface area contributed by atoms with Gasteiger partial charge in [0.15, 0.2) is 0 Å². The van der Waals surface area contributed by atoms with Crippen LogP contribution in [0.15, 0.2) is 11.4 Å². The molecule has 154 valence electrons. The third-order valence-electron chi connectivity index (χ3n) is 4.72. The van der Waals surface area contributed by atoms with Crippen LogP contribution in [0.4, 0.5) is 0 Å². The van der Waals surface area contributed by atoms with Gasteiger partial charge in [-0.15, -0.1) is 11.3 Å². The molecular weight excluding hydrogens is 378 g/mol. The number of carbonyl (C=O) groups excluding carboxylic acids is 3. The van der Waals surface area contributed by atoms with Crippen molar-refractivity contribution in [2.75, 3.05) is 13.1 Å². The minimum absolute atomic E-state index is 0.00173. The Labute approximate surface area is 169 Å². The average Bonchev–Trinajstić information content (AvgIpc) is 3.34. The maximum atomic E-state index is 12.5. The number of nitrogens with two attached hydrogens (primary N) is 1. The molecule has 28 heavy (non-hydrogen) atoms. The van der Waals surface area contributed by atoms with Gasteiger partial charge in [-0.1, -0.05) is 19.8 Å². The summed E-state index contributed by atoms with van der Waals surface area (Å²) in [6.07, 6.45) is 4.66. The quantitative estimate of drug-likeness (QED) is 0.265. The summed E-state index contributed by atoms with van der Waals surface area (Å²) in [6, 6.07) is 1.27. The number of unbranched alkanes of at least 4 members (excludes halogenated alkanes) is 2. The van der Waals surface area contributed by atoms with Gasteiger partial charge in [-0.25, -0.2) is 0 Å². The van der Waals surface area contributed by atoms with Crippen LogP contribution in [0.3, 0.4) is 0 Å². The summed E-state index contributed by atoms with van der Waals surface area (Å²) in [4.78, 5) is 39.2. The van der Waals surface area contributed by atoms with Crippen molar-refractivity contribution in [2.24, 2.45) is 5.73 Å². The zero-order valence-electron chi connectivity index (χ0n) is 16.3. The minimum atomic E-state index is -0.503. The fourth-order valence-electron chi connectivity index (χ4n) is 3.14. The number of hydrogen-bond donors (Lipinski definition) is 4. The summed E-state index contributed by atoms with van der Waals surface area (Å²) in [7, 11) is 0. The van der Waals surface area contributed by atoms with Crippen LogP contribution in [0.25, 0.3) is 0 Å². The van der Waals surface area contributed by atoms with E-state index in [2.05, 4.69) is 17.6 Å². The van der Waals surface area contributed by atoms with Crippen LogP contribution in [-0.2, 0) is 20.9 Å².